The molecule has 92 valence electrons. The van der Waals surface area contributed by atoms with Crippen molar-refractivity contribution < 1.29 is 5.11 Å². The van der Waals surface area contributed by atoms with E-state index in [1.165, 1.54) is 6.42 Å². The molecule has 0 radical (unpaired) electrons. The van der Waals surface area contributed by atoms with Crippen LogP contribution in [0.5, 0.6) is 0 Å². The van der Waals surface area contributed by atoms with Crippen LogP contribution in [0.3, 0.4) is 0 Å². The Morgan fingerprint density at radius 3 is 2.00 bits per heavy atom. The molecule has 0 aromatic heterocycles. The molecule has 2 nitrogen and oxygen atoms in total. The van der Waals surface area contributed by atoms with Gasteiger partial charge in [-0.05, 0) is 31.1 Å². The quantitative estimate of drug-likeness (QED) is 0.714. The largest absolute Gasteiger partial charge is 0.395 e. The summed E-state index contributed by atoms with van der Waals surface area (Å²) in [5, 5.41) is 12.8. The molecule has 0 aliphatic rings. The second kappa shape index (κ2) is 6.49. The van der Waals surface area contributed by atoms with Gasteiger partial charge in [-0.2, -0.15) is 0 Å². The lowest BCUT2D eigenvalue weighted by atomic mass is 9.88. The zero-order chi connectivity index (χ0) is 12.1. The first-order chi connectivity index (χ1) is 6.74. The van der Waals surface area contributed by atoms with Crippen molar-refractivity contribution in [2.75, 3.05) is 6.61 Å². The highest BCUT2D eigenvalue weighted by Gasteiger charge is 2.19. The van der Waals surface area contributed by atoms with Gasteiger partial charge in [-0.15, -0.1) is 0 Å². The number of hydrogen-bond acceptors (Lipinski definition) is 2. The lowest BCUT2D eigenvalue weighted by Crippen LogP contribution is -2.41. The van der Waals surface area contributed by atoms with Gasteiger partial charge in [-0.3, -0.25) is 0 Å². The predicted molar refractivity (Wildman–Crippen MR) is 67.0 cm³/mol. The third-order valence-corrected chi connectivity index (χ3v) is 2.42. The van der Waals surface area contributed by atoms with Crippen LogP contribution >= 0.6 is 0 Å². The topological polar surface area (TPSA) is 32.3 Å². The second-order valence-corrected chi connectivity index (χ2v) is 6.34. The molecule has 0 aliphatic heterocycles. The Morgan fingerprint density at radius 1 is 1.13 bits per heavy atom. The van der Waals surface area contributed by atoms with Gasteiger partial charge in [0.1, 0.15) is 0 Å². The van der Waals surface area contributed by atoms with Crippen LogP contribution in [0.25, 0.3) is 0 Å². The van der Waals surface area contributed by atoms with E-state index in [2.05, 4.69) is 46.9 Å². The summed E-state index contributed by atoms with van der Waals surface area (Å²) in [4.78, 5) is 0. The molecule has 0 saturated heterocycles. The van der Waals surface area contributed by atoms with E-state index < -0.39 is 0 Å². The average molecular weight is 215 g/mol. The minimum absolute atomic E-state index is 0.235. The molecule has 15 heavy (non-hydrogen) atoms. The van der Waals surface area contributed by atoms with Crippen LogP contribution in [0.4, 0.5) is 0 Å². The van der Waals surface area contributed by atoms with E-state index >= 15 is 0 Å². The Kier molecular flexibility index (Phi) is 6.46. The highest BCUT2D eigenvalue weighted by atomic mass is 16.3. The monoisotopic (exact) mass is 215 g/mol. The summed E-state index contributed by atoms with van der Waals surface area (Å²) in [7, 11) is 0. The Morgan fingerprint density at radius 2 is 1.67 bits per heavy atom. The van der Waals surface area contributed by atoms with Crippen molar-refractivity contribution in [1.29, 1.82) is 0 Å². The van der Waals surface area contributed by atoms with Crippen molar-refractivity contribution in [3.8, 4) is 0 Å². The smallest absolute Gasteiger partial charge is 0.0584 e. The Bertz CT molecular complexity index is 160. The molecule has 0 aliphatic carbocycles. The predicted octanol–water partition coefficient (Wildman–Crippen LogP) is 2.81. The minimum Gasteiger partial charge on any atom is -0.395 e. The molecule has 2 unspecified atom stereocenters. The van der Waals surface area contributed by atoms with Gasteiger partial charge in [0.15, 0.2) is 0 Å². The highest BCUT2D eigenvalue weighted by Crippen LogP contribution is 2.21. The van der Waals surface area contributed by atoms with Gasteiger partial charge in [0.05, 0.1) is 6.61 Å². The van der Waals surface area contributed by atoms with Crippen LogP contribution in [0.15, 0.2) is 0 Å². The lowest BCUT2D eigenvalue weighted by Gasteiger charge is -2.28. The molecule has 0 fully saturated rings. The standard InChI is InChI=1S/C13H29NO/c1-10(2)7-11(3)14-12(9-15)8-13(4,5)6/h10-12,14-15H,7-9H2,1-6H3. The first-order valence-electron chi connectivity index (χ1n) is 6.11. The van der Waals surface area contributed by atoms with Crippen molar-refractivity contribution in [2.45, 2.75) is 66.5 Å². The summed E-state index contributed by atoms with van der Waals surface area (Å²) < 4.78 is 0. The van der Waals surface area contributed by atoms with E-state index in [1.54, 1.807) is 0 Å². The van der Waals surface area contributed by atoms with E-state index in [-0.39, 0.29) is 18.1 Å². The summed E-state index contributed by atoms with van der Waals surface area (Å²) in [6.07, 6.45) is 2.19. The van der Waals surface area contributed by atoms with Crippen molar-refractivity contribution in [2.24, 2.45) is 11.3 Å². The van der Waals surface area contributed by atoms with Gasteiger partial charge in [-0.25, -0.2) is 0 Å². The van der Waals surface area contributed by atoms with E-state index in [0.29, 0.717) is 12.0 Å². The zero-order valence-corrected chi connectivity index (χ0v) is 11.3. The molecule has 0 spiro atoms. The van der Waals surface area contributed by atoms with Gasteiger partial charge >= 0.3 is 0 Å². The SMILES string of the molecule is CC(C)CC(C)NC(CO)CC(C)(C)C. The van der Waals surface area contributed by atoms with Gasteiger partial charge in [0, 0.05) is 12.1 Å². The number of nitrogens with one attached hydrogen (secondary N) is 1. The molecule has 2 atom stereocenters. The van der Waals surface area contributed by atoms with E-state index in [1.807, 2.05) is 0 Å². The molecule has 2 heteroatoms. The summed E-state index contributed by atoms with van der Waals surface area (Å²) in [5.74, 6) is 0.710. The summed E-state index contributed by atoms with van der Waals surface area (Å²) in [6, 6.07) is 0.725. The summed E-state index contributed by atoms with van der Waals surface area (Å²) >= 11 is 0. The molecule has 0 aromatic rings. The summed E-state index contributed by atoms with van der Waals surface area (Å²) in [5.41, 5.74) is 0.276. The lowest BCUT2D eigenvalue weighted by molar-refractivity contribution is 0.186. The fourth-order valence-corrected chi connectivity index (χ4v) is 2.09. The van der Waals surface area contributed by atoms with Crippen molar-refractivity contribution in [3.05, 3.63) is 0 Å². The molecular formula is C13H29NO. The number of aliphatic hydroxyl groups is 1. The van der Waals surface area contributed by atoms with Gasteiger partial charge in [-0.1, -0.05) is 34.6 Å². The van der Waals surface area contributed by atoms with Crippen LogP contribution in [0, 0.1) is 11.3 Å². The minimum atomic E-state index is 0.235. The maximum atomic E-state index is 9.31. The fourth-order valence-electron chi connectivity index (χ4n) is 2.09. The average Bonchev–Trinajstić information content (AvgIpc) is 1.98. The van der Waals surface area contributed by atoms with Crippen molar-refractivity contribution in [3.63, 3.8) is 0 Å². The fraction of sp³-hybridized carbons (Fsp3) is 1.00. The van der Waals surface area contributed by atoms with E-state index in [9.17, 15) is 5.11 Å². The highest BCUT2D eigenvalue weighted by molar-refractivity contribution is 4.77. The maximum Gasteiger partial charge on any atom is 0.0584 e. The van der Waals surface area contributed by atoms with E-state index in [0.717, 1.165) is 6.42 Å². The van der Waals surface area contributed by atoms with Crippen LogP contribution in [0.2, 0.25) is 0 Å². The zero-order valence-electron chi connectivity index (χ0n) is 11.3. The van der Waals surface area contributed by atoms with Crippen LogP contribution < -0.4 is 5.32 Å². The van der Waals surface area contributed by atoms with Crippen LogP contribution in [-0.4, -0.2) is 23.8 Å². The van der Waals surface area contributed by atoms with Crippen molar-refractivity contribution >= 4 is 0 Å². The molecule has 0 heterocycles. The molecule has 0 amide bonds. The Balaban J connectivity index is 3.98. The summed E-state index contributed by atoms with van der Waals surface area (Å²) in [6.45, 7) is 13.5. The van der Waals surface area contributed by atoms with Gasteiger partial charge in [0.2, 0.25) is 0 Å². The molecule has 0 aromatic carbocycles. The van der Waals surface area contributed by atoms with Gasteiger partial charge < -0.3 is 10.4 Å². The Hall–Kier alpha value is -0.0800. The first kappa shape index (κ1) is 14.9. The number of hydrogen-bond donors (Lipinski definition) is 2. The van der Waals surface area contributed by atoms with E-state index in [4.69, 9.17) is 0 Å². The van der Waals surface area contributed by atoms with Gasteiger partial charge in [0.25, 0.3) is 0 Å². The van der Waals surface area contributed by atoms with Crippen LogP contribution in [0.1, 0.15) is 54.4 Å². The van der Waals surface area contributed by atoms with Crippen LogP contribution in [-0.2, 0) is 0 Å². The second-order valence-electron chi connectivity index (χ2n) is 6.34. The molecule has 0 saturated carbocycles. The number of rotatable bonds is 6. The van der Waals surface area contributed by atoms with Crippen molar-refractivity contribution in [1.82, 2.24) is 5.32 Å². The molecule has 0 bridgehead atoms. The first-order valence-corrected chi connectivity index (χ1v) is 6.11. The molecule has 2 N–H and O–H groups in total. The molecular weight excluding hydrogens is 186 g/mol. The Labute approximate surface area is 95.5 Å². The third kappa shape index (κ3) is 8.88. The third-order valence-electron chi connectivity index (χ3n) is 2.42. The molecule has 0 rings (SSSR count). The number of aliphatic hydroxyl groups excluding tert-OH is 1. The maximum absolute atomic E-state index is 9.31. The normalized spacial score (nSPS) is 16.8.